The summed E-state index contributed by atoms with van der Waals surface area (Å²) < 4.78 is 41.7. The van der Waals surface area contributed by atoms with Crippen LogP contribution in [0.1, 0.15) is 18.4 Å². The Labute approximate surface area is 153 Å². The van der Waals surface area contributed by atoms with Gasteiger partial charge in [-0.15, -0.1) is 13.2 Å². The van der Waals surface area contributed by atoms with E-state index in [-0.39, 0.29) is 5.75 Å². The minimum Gasteiger partial charge on any atom is -0.406 e. The van der Waals surface area contributed by atoms with Gasteiger partial charge in [-0.25, -0.2) is 0 Å². The third kappa shape index (κ3) is 4.31. The van der Waals surface area contributed by atoms with Gasteiger partial charge >= 0.3 is 6.36 Å². The minimum atomic E-state index is -4.72. The Morgan fingerprint density at radius 1 is 1.04 bits per heavy atom. The van der Waals surface area contributed by atoms with E-state index < -0.39 is 6.36 Å². The van der Waals surface area contributed by atoms with Crippen molar-refractivity contribution in [1.82, 2.24) is 4.98 Å². The fraction of sp³-hybridized carbons (Fsp3) is 0.263. The Bertz CT molecular complexity index is 888. The van der Waals surface area contributed by atoms with Crippen molar-refractivity contribution in [2.75, 3.05) is 6.54 Å². The Balaban J connectivity index is 2.07. The van der Waals surface area contributed by atoms with Crippen LogP contribution in [0.5, 0.6) is 5.75 Å². The smallest absolute Gasteiger partial charge is 0.406 e. The number of nitrogens with one attached hydrogen (secondary N) is 1. The molecule has 0 radical (unpaired) electrons. The van der Waals surface area contributed by atoms with Crippen LogP contribution in [0.15, 0.2) is 42.5 Å². The number of halogens is 4. The van der Waals surface area contributed by atoms with Crippen LogP contribution >= 0.6 is 11.6 Å². The highest BCUT2D eigenvalue weighted by Gasteiger charge is 2.31. The fourth-order valence-electron chi connectivity index (χ4n) is 2.99. The number of alkyl halides is 3. The standard InChI is InChI=1S/C19H18ClF3N2O/c20-13-6-4-12(5-7-13)18-15(3-1-2-10-24)16-11-14(26-19(21,22)23)8-9-17(16)25-18/h4-9,11,25H,1-3,10,24H2. The molecule has 0 aliphatic carbocycles. The van der Waals surface area contributed by atoms with E-state index in [9.17, 15) is 13.2 Å². The van der Waals surface area contributed by atoms with Gasteiger partial charge in [0.05, 0.1) is 0 Å². The Morgan fingerprint density at radius 3 is 2.42 bits per heavy atom. The maximum Gasteiger partial charge on any atom is 0.573 e. The van der Waals surface area contributed by atoms with Crippen LogP contribution < -0.4 is 10.5 Å². The second-order valence-electron chi connectivity index (χ2n) is 5.99. The van der Waals surface area contributed by atoms with Gasteiger partial charge in [0.15, 0.2) is 0 Å². The predicted molar refractivity (Wildman–Crippen MR) is 97.4 cm³/mol. The van der Waals surface area contributed by atoms with Crippen LogP contribution in [0.4, 0.5) is 13.2 Å². The number of benzene rings is 2. The number of ether oxygens (including phenoxy) is 1. The Kier molecular flexibility index (Phi) is 5.44. The fourth-order valence-corrected chi connectivity index (χ4v) is 3.12. The topological polar surface area (TPSA) is 51.0 Å². The largest absolute Gasteiger partial charge is 0.573 e. The molecule has 7 heteroatoms. The van der Waals surface area contributed by atoms with Crippen molar-refractivity contribution >= 4 is 22.5 Å². The molecule has 0 unspecified atom stereocenters. The monoisotopic (exact) mass is 382 g/mol. The molecule has 0 spiro atoms. The molecule has 0 aliphatic heterocycles. The average molecular weight is 383 g/mol. The van der Waals surface area contributed by atoms with E-state index in [1.165, 1.54) is 12.1 Å². The van der Waals surface area contributed by atoms with Gasteiger partial charge in [-0.05, 0) is 67.3 Å². The number of aromatic amines is 1. The first-order chi connectivity index (χ1) is 12.4. The molecule has 0 bridgehead atoms. The number of hydrogen-bond acceptors (Lipinski definition) is 2. The van der Waals surface area contributed by atoms with E-state index in [1.54, 1.807) is 18.2 Å². The molecule has 0 aliphatic rings. The number of aromatic nitrogens is 1. The molecule has 0 saturated heterocycles. The van der Waals surface area contributed by atoms with E-state index in [1.807, 2.05) is 12.1 Å². The molecule has 138 valence electrons. The molecule has 1 aromatic heterocycles. The van der Waals surface area contributed by atoms with E-state index in [0.717, 1.165) is 35.2 Å². The molecular formula is C19H18ClF3N2O. The van der Waals surface area contributed by atoms with Gasteiger partial charge < -0.3 is 15.5 Å². The summed E-state index contributed by atoms with van der Waals surface area (Å²) >= 11 is 5.96. The number of rotatable bonds is 6. The third-order valence-electron chi connectivity index (χ3n) is 4.12. The molecule has 3 rings (SSSR count). The number of fused-ring (bicyclic) bond motifs is 1. The van der Waals surface area contributed by atoms with Gasteiger partial charge in [-0.2, -0.15) is 0 Å². The van der Waals surface area contributed by atoms with Gasteiger partial charge in [0.1, 0.15) is 5.75 Å². The molecule has 3 aromatic rings. The summed E-state index contributed by atoms with van der Waals surface area (Å²) in [7, 11) is 0. The minimum absolute atomic E-state index is 0.230. The molecule has 0 amide bonds. The summed E-state index contributed by atoms with van der Waals surface area (Å²) in [5, 5.41) is 1.34. The zero-order valence-corrected chi connectivity index (χ0v) is 14.6. The lowest BCUT2D eigenvalue weighted by atomic mass is 10.00. The molecule has 3 nitrogen and oxygen atoms in total. The molecule has 0 fully saturated rings. The van der Waals surface area contributed by atoms with Gasteiger partial charge in [0.25, 0.3) is 0 Å². The molecule has 1 heterocycles. The van der Waals surface area contributed by atoms with Gasteiger partial charge in [-0.1, -0.05) is 23.7 Å². The van der Waals surface area contributed by atoms with Crippen molar-refractivity contribution < 1.29 is 17.9 Å². The van der Waals surface area contributed by atoms with Gasteiger partial charge in [-0.3, -0.25) is 0 Å². The molecule has 26 heavy (non-hydrogen) atoms. The van der Waals surface area contributed by atoms with Crippen molar-refractivity contribution in [3.63, 3.8) is 0 Å². The van der Waals surface area contributed by atoms with E-state index in [2.05, 4.69) is 9.72 Å². The Hall–Kier alpha value is -2.18. The first kappa shape index (κ1) is 18.6. The second kappa shape index (κ2) is 7.60. The molecule has 2 aromatic carbocycles. The Morgan fingerprint density at radius 2 is 1.77 bits per heavy atom. The SMILES string of the molecule is NCCCCc1c(-c2ccc(Cl)cc2)[nH]c2ccc(OC(F)(F)F)cc12. The highest BCUT2D eigenvalue weighted by Crippen LogP contribution is 2.35. The van der Waals surface area contributed by atoms with Crippen molar-refractivity contribution in [3.8, 4) is 17.0 Å². The normalized spacial score (nSPS) is 11.9. The highest BCUT2D eigenvalue weighted by molar-refractivity contribution is 6.30. The maximum atomic E-state index is 12.5. The van der Waals surface area contributed by atoms with Crippen LogP contribution in [0.2, 0.25) is 5.02 Å². The van der Waals surface area contributed by atoms with E-state index in [0.29, 0.717) is 23.4 Å². The van der Waals surface area contributed by atoms with Crippen LogP contribution in [-0.2, 0) is 6.42 Å². The van der Waals surface area contributed by atoms with Crippen LogP contribution in [0.3, 0.4) is 0 Å². The van der Waals surface area contributed by atoms with Crippen molar-refractivity contribution in [1.29, 1.82) is 0 Å². The molecule has 0 atom stereocenters. The summed E-state index contributed by atoms with van der Waals surface area (Å²) in [6.45, 7) is 0.571. The zero-order valence-electron chi connectivity index (χ0n) is 13.9. The quantitative estimate of drug-likeness (QED) is 0.540. The lowest BCUT2D eigenvalue weighted by molar-refractivity contribution is -0.274. The molecule has 0 saturated carbocycles. The summed E-state index contributed by atoms with van der Waals surface area (Å²) in [5.74, 6) is -0.230. The number of nitrogens with two attached hydrogens (primary N) is 1. The third-order valence-corrected chi connectivity index (χ3v) is 4.38. The number of aryl methyl sites for hydroxylation is 1. The summed E-state index contributed by atoms with van der Waals surface area (Å²) in [6.07, 6.45) is -2.34. The lowest BCUT2D eigenvalue weighted by Gasteiger charge is -2.09. The predicted octanol–water partition coefficient (Wildman–Crippen LogP) is 5.67. The van der Waals surface area contributed by atoms with E-state index in [4.69, 9.17) is 17.3 Å². The number of hydrogen-bond donors (Lipinski definition) is 2. The summed E-state index contributed by atoms with van der Waals surface area (Å²) in [4.78, 5) is 3.31. The van der Waals surface area contributed by atoms with Crippen molar-refractivity contribution in [2.24, 2.45) is 5.73 Å². The molecule has 3 N–H and O–H groups in total. The van der Waals surface area contributed by atoms with Gasteiger partial charge in [0.2, 0.25) is 0 Å². The highest BCUT2D eigenvalue weighted by atomic mass is 35.5. The second-order valence-corrected chi connectivity index (χ2v) is 6.42. The summed E-state index contributed by atoms with van der Waals surface area (Å²) in [6, 6.07) is 11.7. The first-order valence-corrected chi connectivity index (χ1v) is 8.61. The van der Waals surface area contributed by atoms with Crippen molar-refractivity contribution in [3.05, 3.63) is 53.1 Å². The van der Waals surface area contributed by atoms with Crippen LogP contribution in [0.25, 0.3) is 22.2 Å². The summed E-state index contributed by atoms with van der Waals surface area (Å²) in [5.41, 5.74) is 9.07. The van der Waals surface area contributed by atoms with Gasteiger partial charge in [0, 0.05) is 21.6 Å². The lowest BCUT2D eigenvalue weighted by Crippen LogP contribution is -2.16. The zero-order chi connectivity index (χ0) is 18.7. The first-order valence-electron chi connectivity index (χ1n) is 8.24. The number of unbranched alkanes of at least 4 members (excludes halogenated alkanes) is 1. The average Bonchev–Trinajstić information content (AvgIpc) is 2.92. The van der Waals surface area contributed by atoms with Crippen LogP contribution in [0, 0.1) is 0 Å². The maximum absolute atomic E-state index is 12.5. The molecular weight excluding hydrogens is 365 g/mol. The van der Waals surface area contributed by atoms with Crippen LogP contribution in [-0.4, -0.2) is 17.9 Å². The van der Waals surface area contributed by atoms with E-state index >= 15 is 0 Å². The van der Waals surface area contributed by atoms with Crippen molar-refractivity contribution in [2.45, 2.75) is 25.6 Å². The number of H-pyrrole nitrogens is 1.